The molecule has 172 valence electrons. The van der Waals surface area contributed by atoms with E-state index < -0.39 is 23.4 Å². The Kier molecular flexibility index (Phi) is 7.45. The SMILES string of the molecule is CCOc1ccc(CNC(=O)c2ccc(NC(=O)c3cc(F)cc(F)c3)cc2O)cc1OC. The first kappa shape index (κ1) is 23.5. The first-order valence-corrected chi connectivity index (χ1v) is 9.99. The zero-order chi connectivity index (χ0) is 24.0. The number of anilines is 1. The van der Waals surface area contributed by atoms with Gasteiger partial charge in [-0.25, -0.2) is 8.78 Å². The molecule has 3 aromatic carbocycles. The lowest BCUT2D eigenvalue weighted by molar-refractivity contribution is 0.0947. The van der Waals surface area contributed by atoms with Gasteiger partial charge in [-0.15, -0.1) is 0 Å². The summed E-state index contributed by atoms with van der Waals surface area (Å²) in [5.74, 6) is -2.34. The summed E-state index contributed by atoms with van der Waals surface area (Å²) in [6.07, 6.45) is 0. The van der Waals surface area contributed by atoms with Crippen LogP contribution in [0.4, 0.5) is 14.5 Å². The van der Waals surface area contributed by atoms with Crippen molar-refractivity contribution in [2.24, 2.45) is 0 Å². The molecule has 0 fully saturated rings. The van der Waals surface area contributed by atoms with Gasteiger partial charge in [-0.2, -0.15) is 0 Å². The quantitative estimate of drug-likeness (QED) is 0.471. The predicted molar refractivity (Wildman–Crippen MR) is 118 cm³/mol. The number of phenolic OH excluding ortho intramolecular Hbond substituents is 1. The molecule has 33 heavy (non-hydrogen) atoms. The van der Waals surface area contributed by atoms with E-state index in [2.05, 4.69) is 10.6 Å². The molecule has 0 spiro atoms. The number of halogens is 2. The van der Waals surface area contributed by atoms with Crippen molar-refractivity contribution in [3.05, 3.63) is 82.9 Å². The molecule has 7 nitrogen and oxygen atoms in total. The maximum absolute atomic E-state index is 13.3. The Labute approximate surface area is 189 Å². The van der Waals surface area contributed by atoms with Crippen LogP contribution in [0.2, 0.25) is 0 Å². The number of ether oxygens (including phenoxy) is 2. The third-order valence-electron chi connectivity index (χ3n) is 4.61. The fraction of sp³-hybridized carbons (Fsp3) is 0.167. The van der Waals surface area contributed by atoms with Gasteiger partial charge in [0.2, 0.25) is 0 Å². The van der Waals surface area contributed by atoms with Crippen molar-refractivity contribution in [3.8, 4) is 17.2 Å². The number of rotatable bonds is 8. The molecule has 3 aromatic rings. The molecule has 0 saturated heterocycles. The Morgan fingerprint density at radius 3 is 2.30 bits per heavy atom. The number of amides is 2. The summed E-state index contributed by atoms with van der Waals surface area (Å²) in [4.78, 5) is 24.7. The van der Waals surface area contributed by atoms with Crippen molar-refractivity contribution >= 4 is 17.5 Å². The predicted octanol–water partition coefficient (Wildman–Crippen LogP) is 4.26. The Morgan fingerprint density at radius 2 is 1.67 bits per heavy atom. The molecule has 0 aromatic heterocycles. The molecule has 0 aliphatic heterocycles. The second kappa shape index (κ2) is 10.4. The van der Waals surface area contributed by atoms with Gasteiger partial charge in [0, 0.05) is 29.9 Å². The molecule has 0 radical (unpaired) electrons. The van der Waals surface area contributed by atoms with Crippen LogP contribution in [0.1, 0.15) is 33.2 Å². The Bertz CT molecular complexity index is 1160. The van der Waals surface area contributed by atoms with E-state index in [9.17, 15) is 23.5 Å². The van der Waals surface area contributed by atoms with Crippen molar-refractivity contribution in [2.75, 3.05) is 19.0 Å². The van der Waals surface area contributed by atoms with E-state index in [-0.39, 0.29) is 29.1 Å². The number of carbonyl (C=O) groups excluding carboxylic acids is 2. The monoisotopic (exact) mass is 456 g/mol. The van der Waals surface area contributed by atoms with Gasteiger partial charge in [0.1, 0.15) is 17.4 Å². The molecule has 3 N–H and O–H groups in total. The smallest absolute Gasteiger partial charge is 0.255 e. The second-order valence-corrected chi connectivity index (χ2v) is 6.95. The van der Waals surface area contributed by atoms with E-state index in [4.69, 9.17) is 9.47 Å². The fourth-order valence-corrected chi connectivity index (χ4v) is 3.06. The van der Waals surface area contributed by atoms with Gasteiger partial charge in [-0.3, -0.25) is 9.59 Å². The van der Waals surface area contributed by atoms with Crippen molar-refractivity contribution < 1.29 is 33.0 Å². The number of carbonyl (C=O) groups is 2. The molecule has 0 aliphatic carbocycles. The van der Waals surface area contributed by atoms with Gasteiger partial charge < -0.3 is 25.2 Å². The van der Waals surface area contributed by atoms with Crippen molar-refractivity contribution in [2.45, 2.75) is 13.5 Å². The topological polar surface area (TPSA) is 96.9 Å². The van der Waals surface area contributed by atoms with Crippen LogP contribution >= 0.6 is 0 Å². The average molecular weight is 456 g/mol. The molecular formula is C24H22F2N2O5. The highest BCUT2D eigenvalue weighted by molar-refractivity contribution is 6.05. The van der Waals surface area contributed by atoms with Gasteiger partial charge in [0.05, 0.1) is 19.3 Å². The summed E-state index contributed by atoms with van der Waals surface area (Å²) < 4.78 is 37.4. The molecule has 0 atom stereocenters. The molecule has 0 bridgehead atoms. The molecule has 0 saturated carbocycles. The lowest BCUT2D eigenvalue weighted by atomic mass is 10.1. The van der Waals surface area contributed by atoms with Gasteiger partial charge >= 0.3 is 0 Å². The third kappa shape index (κ3) is 5.97. The number of benzene rings is 3. The second-order valence-electron chi connectivity index (χ2n) is 6.95. The number of methoxy groups -OCH3 is 1. The van der Waals surface area contributed by atoms with E-state index in [1.165, 1.54) is 25.3 Å². The minimum Gasteiger partial charge on any atom is -0.507 e. The van der Waals surface area contributed by atoms with Crippen molar-refractivity contribution in [1.82, 2.24) is 5.32 Å². The maximum Gasteiger partial charge on any atom is 0.255 e. The average Bonchev–Trinajstić information content (AvgIpc) is 2.77. The fourth-order valence-electron chi connectivity index (χ4n) is 3.06. The molecule has 0 unspecified atom stereocenters. The summed E-state index contributed by atoms with van der Waals surface area (Å²) in [5, 5.41) is 15.3. The van der Waals surface area contributed by atoms with Gasteiger partial charge in [0.15, 0.2) is 11.5 Å². The Morgan fingerprint density at radius 1 is 0.939 bits per heavy atom. The van der Waals surface area contributed by atoms with E-state index in [1.807, 2.05) is 6.92 Å². The normalized spacial score (nSPS) is 10.4. The maximum atomic E-state index is 13.3. The van der Waals surface area contributed by atoms with E-state index in [1.54, 1.807) is 18.2 Å². The number of aromatic hydroxyl groups is 1. The van der Waals surface area contributed by atoms with Crippen LogP contribution in [-0.4, -0.2) is 30.6 Å². The third-order valence-corrected chi connectivity index (χ3v) is 4.61. The van der Waals surface area contributed by atoms with E-state index >= 15 is 0 Å². The summed E-state index contributed by atoms with van der Waals surface area (Å²) >= 11 is 0. The zero-order valence-corrected chi connectivity index (χ0v) is 17.9. The minimum absolute atomic E-state index is 0.0114. The summed E-state index contributed by atoms with van der Waals surface area (Å²) in [6.45, 7) is 2.52. The minimum atomic E-state index is -0.889. The largest absolute Gasteiger partial charge is 0.507 e. The van der Waals surface area contributed by atoms with Crippen molar-refractivity contribution in [1.29, 1.82) is 0 Å². The molecule has 9 heteroatoms. The van der Waals surface area contributed by atoms with Crippen LogP contribution in [0, 0.1) is 11.6 Å². The zero-order valence-electron chi connectivity index (χ0n) is 17.9. The van der Waals surface area contributed by atoms with Gasteiger partial charge in [-0.05, 0) is 48.9 Å². The number of hydrogen-bond acceptors (Lipinski definition) is 5. The first-order chi connectivity index (χ1) is 15.8. The van der Waals surface area contributed by atoms with Crippen LogP contribution in [-0.2, 0) is 6.54 Å². The van der Waals surface area contributed by atoms with Crippen LogP contribution in [0.5, 0.6) is 17.2 Å². The van der Waals surface area contributed by atoms with E-state index in [0.717, 1.165) is 17.7 Å². The van der Waals surface area contributed by atoms with Gasteiger partial charge in [-0.1, -0.05) is 6.07 Å². The highest BCUT2D eigenvalue weighted by atomic mass is 19.1. The molecular weight excluding hydrogens is 434 g/mol. The molecule has 3 rings (SSSR count). The number of phenols is 1. The van der Waals surface area contributed by atoms with Crippen LogP contribution < -0.4 is 20.1 Å². The molecule has 0 aliphatic rings. The van der Waals surface area contributed by atoms with Gasteiger partial charge in [0.25, 0.3) is 11.8 Å². The number of nitrogens with one attached hydrogen (secondary N) is 2. The summed E-state index contributed by atoms with van der Waals surface area (Å²) in [6, 6.07) is 11.6. The van der Waals surface area contributed by atoms with Crippen LogP contribution in [0.3, 0.4) is 0 Å². The Balaban J connectivity index is 1.65. The van der Waals surface area contributed by atoms with Crippen molar-refractivity contribution in [3.63, 3.8) is 0 Å². The van der Waals surface area contributed by atoms with Crippen LogP contribution in [0.25, 0.3) is 0 Å². The summed E-state index contributed by atoms with van der Waals surface area (Å²) in [5.41, 5.74) is 0.673. The highest BCUT2D eigenvalue weighted by Gasteiger charge is 2.15. The Hall–Kier alpha value is -4.14. The summed E-state index contributed by atoms with van der Waals surface area (Å²) in [7, 11) is 1.52. The van der Waals surface area contributed by atoms with E-state index in [0.29, 0.717) is 24.2 Å². The first-order valence-electron chi connectivity index (χ1n) is 9.99. The lowest BCUT2D eigenvalue weighted by Crippen LogP contribution is -2.23. The van der Waals surface area contributed by atoms with Crippen LogP contribution in [0.15, 0.2) is 54.6 Å². The number of hydrogen-bond donors (Lipinski definition) is 3. The molecule has 2 amide bonds. The lowest BCUT2D eigenvalue weighted by Gasteiger charge is -2.12. The standard InChI is InChI=1S/C24H22F2N2O5/c1-3-33-21-7-4-14(8-22(21)32-2)13-27-24(31)19-6-5-18(12-20(19)29)28-23(30)15-9-16(25)11-17(26)10-15/h4-12,29H,3,13H2,1-2H3,(H,27,31)(H,28,30). The highest BCUT2D eigenvalue weighted by Crippen LogP contribution is 2.28. The molecule has 0 heterocycles.